The molecule has 24 heavy (non-hydrogen) atoms. The number of carbonyl (C=O) groups excluding carboxylic acids is 1. The zero-order chi connectivity index (χ0) is 16.0. The monoisotopic (exact) mass is 363 g/mol. The van der Waals surface area contributed by atoms with Gasteiger partial charge in [0.25, 0.3) is 5.91 Å². The standard InChI is InChI=1S/C14H13N7OS.ClH/c1-20(14-17-4-5-23-14)21-12-9(11(19-21)13(15)22)3-2-8-6-16-7-18-10(8)12;/h4-7H,2-3H2,1H3,(H2,15,22);1H. The molecule has 124 valence electrons. The fourth-order valence-electron chi connectivity index (χ4n) is 2.80. The van der Waals surface area contributed by atoms with Crippen molar-refractivity contribution in [1.82, 2.24) is 24.8 Å². The van der Waals surface area contributed by atoms with Crippen molar-refractivity contribution < 1.29 is 4.79 Å². The number of anilines is 1. The number of aromatic nitrogens is 5. The molecule has 0 bridgehead atoms. The highest BCUT2D eigenvalue weighted by atomic mass is 35.5. The Labute approximate surface area is 147 Å². The van der Waals surface area contributed by atoms with Gasteiger partial charge in [0.2, 0.25) is 5.13 Å². The zero-order valence-corrected chi connectivity index (χ0v) is 14.3. The minimum atomic E-state index is -0.537. The second-order valence-electron chi connectivity index (χ2n) is 5.16. The van der Waals surface area contributed by atoms with Crippen molar-refractivity contribution in [3.8, 4) is 11.4 Å². The summed E-state index contributed by atoms with van der Waals surface area (Å²) in [4.78, 5) is 26.2. The first kappa shape index (κ1) is 16.3. The van der Waals surface area contributed by atoms with Gasteiger partial charge in [0.05, 0.1) is 5.69 Å². The van der Waals surface area contributed by atoms with Crippen LogP contribution in [0.4, 0.5) is 5.13 Å². The van der Waals surface area contributed by atoms with Gasteiger partial charge < -0.3 is 5.73 Å². The summed E-state index contributed by atoms with van der Waals surface area (Å²) in [6.45, 7) is 0. The molecule has 4 rings (SSSR count). The molecule has 8 nitrogen and oxygen atoms in total. The third-order valence-corrected chi connectivity index (χ3v) is 4.68. The topological polar surface area (TPSA) is 103 Å². The van der Waals surface area contributed by atoms with E-state index in [1.165, 1.54) is 17.7 Å². The van der Waals surface area contributed by atoms with Gasteiger partial charge >= 0.3 is 0 Å². The Bertz CT molecular complexity index is 893. The van der Waals surface area contributed by atoms with E-state index in [1.54, 1.807) is 22.2 Å². The van der Waals surface area contributed by atoms with Gasteiger partial charge in [-0.25, -0.2) is 20.0 Å². The fraction of sp³-hybridized carbons (Fsp3) is 0.214. The Hall–Kier alpha value is -2.52. The molecular weight excluding hydrogens is 350 g/mol. The van der Waals surface area contributed by atoms with E-state index in [2.05, 4.69) is 20.1 Å². The van der Waals surface area contributed by atoms with Crippen LogP contribution in [0.25, 0.3) is 11.4 Å². The van der Waals surface area contributed by atoms with Crippen LogP contribution in [0.2, 0.25) is 0 Å². The first-order valence-corrected chi connectivity index (χ1v) is 7.89. The number of nitrogens with zero attached hydrogens (tertiary/aromatic N) is 6. The van der Waals surface area contributed by atoms with Gasteiger partial charge in [-0.1, -0.05) is 0 Å². The molecule has 0 aromatic carbocycles. The molecule has 1 amide bonds. The van der Waals surface area contributed by atoms with Crippen LogP contribution in [0.15, 0.2) is 24.1 Å². The first-order chi connectivity index (χ1) is 11.2. The van der Waals surface area contributed by atoms with E-state index in [0.29, 0.717) is 6.42 Å². The van der Waals surface area contributed by atoms with E-state index in [1.807, 2.05) is 12.4 Å². The van der Waals surface area contributed by atoms with Crippen molar-refractivity contribution in [2.24, 2.45) is 5.73 Å². The molecule has 0 saturated heterocycles. The minimum Gasteiger partial charge on any atom is -0.364 e. The molecule has 1 aliphatic carbocycles. The number of aryl methyl sites for hydroxylation is 1. The number of fused-ring (bicyclic) bond motifs is 3. The van der Waals surface area contributed by atoms with Gasteiger partial charge in [0.1, 0.15) is 12.0 Å². The van der Waals surface area contributed by atoms with Crippen LogP contribution in [-0.4, -0.2) is 37.8 Å². The second kappa shape index (κ2) is 6.17. The van der Waals surface area contributed by atoms with Crippen LogP contribution in [0, 0.1) is 0 Å². The molecule has 0 atom stereocenters. The van der Waals surface area contributed by atoms with Crippen molar-refractivity contribution in [3.63, 3.8) is 0 Å². The van der Waals surface area contributed by atoms with Gasteiger partial charge in [-0.15, -0.1) is 28.8 Å². The fourth-order valence-corrected chi connectivity index (χ4v) is 3.39. The summed E-state index contributed by atoms with van der Waals surface area (Å²) in [6.07, 6.45) is 6.46. The summed E-state index contributed by atoms with van der Waals surface area (Å²) in [5, 5.41) is 8.84. The smallest absolute Gasteiger partial charge is 0.269 e. The SMILES string of the molecule is CN(c1nccs1)n1nc(C(N)=O)c2c1-c1ncncc1CC2.Cl. The average molecular weight is 364 g/mol. The number of primary amides is 1. The average Bonchev–Trinajstić information content (AvgIpc) is 3.22. The Morgan fingerprint density at radius 2 is 2.21 bits per heavy atom. The van der Waals surface area contributed by atoms with Crippen LogP contribution in [-0.2, 0) is 12.8 Å². The van der Waals surface area contributed by atoms with E-state index in [-0.39, 0.29) is 18.1 Å². The first-order valence-electron chi connectivity index (χ1n) is 7.01. The number of carbonyl (C=O) groups is 1. The summed E-state index contributed by atoms with van der Waals surface area (Å²) >= 11 is 1.48. The van der Waals surface area contributed by atoms with Crippen molar-refractivity contribution in [2.75, 3.05) is 12.1 Å². The largest absolute Gasteiger partial charge is 0.364 e. The molecule has 10 heteroatoms. The van der Waals surface area contributed by atoms with Crippen LogP contribution in [0.5, 0.6) is 0 Å². The van der Waals surface area contributed by atoms with E-state index in [4.69, 9.17) is 5.73 Å². The third-order valence-electron chi connectivity index (χ3n) is 3.84. The van der Waals surface area contributed by atoms with E-state index in [0.717, 1.165) is 34.1 Å². The predicted molar refractivity (Wildman–Crippen MR) is 92.3 cm³/mol. The molecule has 3 aromatic heterocycles. The number of rotatable bonds is 3. The molecule has 0 saturated carbocycles. The normalized spacial score (nSPS) is 12.0. The molecule has 0 radical (unpaired) electrons. The van der Waals surface area contributed by atoms with E-state index >= 15 is 0 Å². The molecule has 0 spiro atoms. The van der Waals surface area contributed by atoms with E-state index < -0.39 is 5.91 Å². The third kappa shape index (κ3) is 2.42. The summed E-state index contributed by atoms with van der Waals surface area (Å²) in [5.74, 6) is -0.537. The number of hydrogen-bond donors (Lipinski definition) is 1. The number of nitrogens with two attached hydrogens (primary N) is 1. The number of amides is 1. The number of hydrogen-bond acceptors (Lipinski definition) is 7. The Balaban J connectivity index is 0.00000169. The van der Waals surface area contributed by atoms with Gasteiger partial charge in [0.15, 0.2) is 5.69 Å². The maximum Gasteiger partial charge on any atom is 0.269 e. The summed E-state index contributed by atoms with van der Waals surface area (Å²) in [6, 6.07) is 0. The lowest BCUT2D eigenvalue weighted by Gasteiger charge is -2.21. The minimum absolute atomic E-state index is 0. The Kier molecular flexibility index (Phi) is 4.20. The number of halogens is 1. The molecule has 0 fully saturated rings. The lowest BCUT2D eigenvalue weighted by molar-refractivity contribution is 0.0994. The lowest BCUT2D eigenvalue weighted by Crippen LogP contribution is -2.28. The zero-order valence-electron chi connectivity index (χ0n) is 12.7. The van der Waals surface area contributed by atoms with Crippen molar-refractivity contribution in [3.05, 3.63) is 40.9 Å². The highest BCUT2D eigenvalue weighted by Crippen LogP contribution is 2.34. The van der Waals surface area contributed by atoms with Gasteiger partial charge in [0, 0.05) is 30.4 Å². The van der Waals surface area contributed by atoms with Crippen LogP contribution in [0.1, 0.15) is 21.6 Å². The molecular formula is C14H14ClN7OS. The summed E-state index contributed by atoms with van der Waals surface area (Å²) in [5.41, 5.74) is 9.21. The lowest BCUT2D eigenvalue weighted by atomic mass is 9.93. The summed E-state index contributed by atoms with van der Waals surface area (Å²) < 4.78 is 0. The molecule has 1 aliphatic rings. The van der Waals surface area contributed by atoms with Gasteiger partial charge in [-0.2, -0.15) is 4.79 Å². The van der Waals surface area contributed by atoms with E-state index in [9.17, 15) is 4.79 Å². The quantitative estimate of drug-likeness (QED) is 0.752. The maximum absolute atomic E-state index is 11.8. The maximum atomic E-state index is 11.8. The van der Waals surface area contributed by atoms with Crippen molar-refractivity contribution in [2.45, 2.75) is 12.8 Å². The van der Waals surface area contributed by atoms with Gasteiger partial charge in [-0.05, 0) is 18.4 Å². The highest BCUT2D eigenvalue weighted by molar-refractivity contribution is 7.13. The van der Waals surface area contributed by atoms with Crippen LogP contribution >= 0.6 is 23.7 Å². The number of thiazole rings is 1. The second-order valence-corrected chi connectivity index (χ2v) is 6.04. The Morgan fingerprint density at radius 3 is 2.92 bits per heavy atom. The molecule has 3 aromatic rings. The highest BCUT2D eigenvalue weighted by Gasteiger charge is 2.30. The predicted octanol–water partition coefficient (Wildman–Crippen LogP) is 1.32. The van der Waals surface area contributed by atoms with Crippen molar-refractivity contribution in [1.29, 1.82) is 0 Å². The van der Waals surface area contributed by atoms with Crippen LogP contribution in [0.3, 0.4) is 0 Å². The Morgan fingerprint density at radius 1 is 1.38 bits per heavy atom. The molecule has 0 aliphatic heterocycles. The van der Waals surface area contributed by atoms with Gasteiger partial charge in [-0.3, -0.25) is 4.79 Å². The molecule has 2 N–H and O–H groups in total. The molecule has 3 heterocycles. The molecule has 0 unspecified atom stereocenters. The van der Waals surface area contributed by atoms with Crippen molar-refractivity contribution >= 4 is 34.8 Å². The van der Waals surface area contributed by atoms with Crippen LogP contribution < -0.4 is 10.7 Å². The summed E-state index contributed by atoms with van der Waals surface area (Å²) in [7, 11) is 1.84.